The van der Waals surface area contributed by atoms with Gasteiger partial charge in [0.05, 0.1) is 37.4 Å². The van der Waals surface area contributed by atoms with E-state index in [1.165, 1.54) is 43.9 Å². The molecule has 1 fully saturated rings. The Balaban J connectivity index is 0.00000560. The predicted octanol–water partition coefficient (Wildman–Crippen LogP) is 2.55. The second kappa shape index (κ2) is 17.9. The molecule has 0 aliphatic heterocycles. The van der Waals surface area contributed by atoms with Gasteiger partial charge in [0.1, 0.15) is 0 Å². The van der Waals surface area contributed by atoms with Crippen molar-refractivity contribution in [3.63, 3.8) is 0 Å². The molecule has 2 aromatic rings. The van der Waals surface area contributed by atoms with Gasteiger partial charge in [0.15, 0.2) is 0 Å². The van der Waals surface area contributed by atoms with Crippen molar-refractivity contribution in [2.45, 2.75) is 90.6 Å². The number of hydrogen-bond donors (Lipinski definition) is 1. The second-order valence-corrected chi connectivity index (χ2v) is 11.9. The van der Waals surface area contributed by atoms with Gasteiger partial charge in [-0.3, -0.25) is 4.79 Å². The van der Waals surface area contributed by atoms with Crippen LogP contribution >= 0.6 is 11.8 Å². The molecule has 214 valence electrons. The summed E-state index contributed by atoms with van der Waals surface area (Å²) in [6.45, 7) is 7.07. The summed E-state index contributed by atoms with van der Waals surface area (Å²) in [5, 5.41) is 14.3. The van der Waals surface area contributed by atoms with Gasteiger partial charge in [-0.1, -0.05) is 62.4 Å². The number of carboxylic acids is 1. The zero-order chi connectivity index (χ0) is 28.2. The summed E-state index contributed by atoms with van der Waals surface area (Å²) in [5.41, 5.74) is 4.12. The number of ether oxygens (including phenoxy) is 2. The van der Waals surface area contributed by atoms with Crippen LogP contribution in [-0.4, -0.2) is 48.7 Å². The molecule has 2 atom stereocenters. The average Bonchev–Trinajstić information content (AvgIpc) is 2.93. The summed E-state index contributed by atoms with van der Waals surface area (Å²) in [6.07, 6.45) is 9.80. The topological polar surface area (TPSA) is 87.7 Å². The van der Waals surface area contributed by atoms with Crippen molar-refractivity contribution in [2.24, 2.45) is 5.92 Å². The maximum absolute atomic E-state index is 13.3. The van der Waals surface area contributed by atoms with Gasteiger partial charge in [-0.2, -0.15) is 11.8 Å². The molecule has 1 aliphatic rings. The van der Waals surface area contributed by atoms with Crippen LogP contribution in [0.1, 0.15) is 80.3 Å². The molecule has 1 amide bonds. The SMILES string of the molecule is CSCC[C@H](NC(=O)c1ccc(CO[C@H](COC(C)C)CC2CCCCC2)cc1-c1ccccc1C)C(=O)[O-].[Li+]. The molecule has 3 rings (SSSR count). The molecule has 0 radical (unpaired) electrons. The third-order valence-electron chi connectivity index (χ3n) is 7.39. The maximum Gasteiger partial charge on any atom is 1.00 e. The minimum atomic E-state index is -1.27. The monoisotopic (exact) mass is 561 g/mol. The van der Waals surface area contributed by atoms with Crippen molar-refractivity contribution < 1.29 is 43.0 Å². The number of carbonyl (C=O) groups excluding carboxylic acids is 2. The van der Waals surface area contributed by atoms with Crippen LogP contribution in [0.15, 0.2) is 42.5 Å². The zero-order valence-corrected chi connectivity index (χ0v) is 25.7. The molecule has 0 spiro atoms. The fourth-order valence-electron chi connectivity index (χ4n) is 5.19. The van der Waals surface area contributed by atoms with Crippen LogP contribution in [0.5, 0.6) is 0 Å². The van der Waals surface area contributed by atoms with E-state index in [1.54, 1.807) is 6.07 Å². The summed E-state index contributed by atoms with van der Waals surface area (Å²) in [5.74, 6) is -0.400. The van der Waals surface area contributed by atoms with Crippen LogP contribution < -0.4 is 29.3 Å². The van der Waals surface area contributed by atoms with Crippen LogP contribution in [0, 0.1) is 12.8 Å². The molecule has 40 heavy (non-hydrogen) atoms. The van der Waals surface area contributed by atoms with E-state index in [1.807, 2.05) is 63.4 Å². The summed E-state index contributed by atoms with van der Waals surface area (Å²) < 4.78 is 12.4. The molecule has 8 heteroatoms. The van der Waals surface area contributed by atoms with Crippen LogP contribution in [0.25, 0.3) is 11.1 Å². The molecular weight excluding hydrogens is 517 g/mol. The number of amides is 1. The van der Waals surface area contributed by atoms with Crippen LogP contribution in [0.4, 0.5) is 0 Å². The second-order valence-electron chi connectivity index (χ2n) is 10.9. The van der Waals surface area contributed by atoms with E-state index in [2.05, 4.69) is 5.32 Å². The van der Waals surface area contributed by atoms with Crippen LogP contribution in [0.3, 0.4) is 0 Å². The normalized spacial score (nSPS) is 15.3. The van der Waals surface area contributed by atoms with Gasteiger partial charge in [0, 0.05) is 5.56 Å². The van der Waals surface area contributed by atoms with E-state index in [-0.39, 0.29) is 31.1 Å². The Morgan fingerprint density at radius 3 is 2.42 bits per heavy atom. The number of nitrogens with one attached hydrogen (secondary N) is 1. The molecule has 0 aromatic heterocycles. The first kappa shape index (κ1) is 34.4. The molecule has 1 aliphatic carbocycles. The number of carbonyl (C=O) groups is 2. The van der Waals surface area contributed by atoms with Gasteiger partial charge in [0.2, 0.25) is 0 Å². The zero-order valence-electron chi connectivity index (χ0n) is 24.9. The van der Waals surface area contributed by atoms with Gasteiger partial charge in [-0.25, -0.2) is 0 Å². The molecule has 0 unspecified atom stereocenters. The number of hydrogen-bond acceptors (Lipinski definition) is 6. The first-order chi connectivity index (χ1) is 18.8. The Morgan fingerprint density at radius 1 is 1.05 bits per heavy atom. The predicted molar refractivity (Wildman–Crippen MR) is 157 cm³/mol. The molecule has 0 heterocycles. The number of thioether (sulfide) groups is 1. The minimum absolute atomic E-state index is 0. The first-order valence-electron chi connectivity index (χ1n) is 14.2. The molecule has 0 bridgehead atoms. The fraction of sp³-hybridized carbons (Fsp3) is 0.562. The molecule has 1 saturated carbocycles. The number of aryl methyl sites for hydroxylation is 1. The van der Waals surface area contributed by atoms with E-state index in [4.69, 9.17) is 9.47 Å². The molecule has 6 nitrogen and oxygen atoms in total. The van der Waals surface area contributed by atoms with Crippen molar-refractivity contribution >= 4 is 23.6 Å². The smallest absolute Gasteiger partial charge is 0.548 e. The Hall–Kier alpha value is -1.75. The molecule has 0 saturated heterocycles. The molecular formula is C32H44LiNO5S. The van der Waals surface area contributed by atoms with E-state index >= 15 is 0 Å². The number of aliphatic carboxylic acids is 1. The van der Waals surface area contributed by atoms with Crippen molar-refractivity contribution in [1.29, 1.82) is 0 Å². The minimum Gasteiger partial charge on any atom is -0.548 e. The Bertz CT molecular complexity index is 1070. The van der Waals surface area contributed by atoms with E-state index in [0.717, 1.165) is 28.7 Å². The Labute approximate surface area is 256 Å². The summed E-state index contributed by atoms with van der Waals surface area (Å²) in [6, 6.07) is 12.5. The first-order valence-corrected chi connectivity index (χ1v) is 15.6. The third kappa shape index (κ3) is 10.9. The van der Waals surface area contributed by atoms with Crippen LogP contribution in [-0.2, 0) is 20.9 Å². The summed E-state index contributed by atoms with van der Waals surface area (Å²) in [7, 11) is 0. The Kier molecular flexibility index (Phi) is 15.4. The van der Waals surface area contributed by atoms with Crippen molar-refractivity contribution in [2.75, 3.05) is 18.6 Å². The van der Waals surface area contributed by atoms with Gasteiger partial charge in [-0.05, 0) is 85.9 Å². The van der Waals surface area contributed by atoms with Gasteiger partial charge >= 0.3 is 18.9 Å². The van der Waals surface area contributed by atoms with E-state index in [9.17, 15) is 14.7 Å². The van der Waals surface area contributed by atoms with Crippen LogP contribution in [0.2, 0.25) is 0 Å². The number of carboxylic acid groups (broad SMARTS) is 1. The van der Waals surface area contributed by atoms with E-state index < -0.39 is 17.9 Å². The van der Waals surface area contributed by atoms with E-state index in [0.29, 0.717) is 36.9 Å². The van der Waals surface area contributed by atoms with Crippen molar-refractivity contribution in [1.82, 2.24) is 5.32 Å². The quantitative estimate of drug-likeness (QED) is 0.337. The molecule has 1 N–H and O–H groups in total. The number of rotatable bonds is 15. The van der Waals surface area contributed by atoms with Crippen molar-refractivity contribution in [3.05, 3.63) is 59.2 Å². The maximum atomic E-state index is 13.3. The van der Waals surface area contributed by atoms with Gasteiger partial charge < -0.3 is 24.7 Å². The fourth-order valence-corrected chi connectivity index (χ4v) is 5.66. The molecule has 2 aromatic carbocycles. The third-order valence-corrected chi connectivity index (χ3v) is 8.03. The number of benzene rings is 2. The summed E-state index contributed by atoms with van der Waals surface area (Å²) >= 11 is 1.53. The largest absolute Gasteiger partial charge is 1.00 e. The standard InChI is InChI=1S/C32H45NO5S.Li/c1-22(2)37-21-26(18-24-11-6-5-7-12-24)38-20-25-14-15-28(29(19-25)27-13-9-8-10-23(27)3)31(34)33-30(32(35)36)16-17-39-4;/h8-10,13-15,19,22,24,26,30H,5-7,11-12,16-18,20-21H2,1-4H3,(H,33,34)(H,35,36);/q;+1/p-1/t26-,30-;/m0./s1. The Morgan fingerprint density at radius 2 is 1.77 bits per heavy atom. The average molecular weight is 562 g/mol. The van der Waals surface area contributed by atoms with Crippen molar-refractivity contribution in [3.8, 4) is 11.1 Å². The van der Waals surface area contributed by atoms with Gasteiger partial charge in [0.25, 0.3) is 5.91 Å². The summed E-state index contributed by atoms with van der Waals surface area (Å²) in [4.78, 5) is 25.0. The van der Waals surface area contributed by atoms with Gasteiger partial charge in [-0.15, -0.1) is 0 Å².